The Balaban J connectivity index is 0.000000218. The SMILES string of the molecule is CC(C)c1cccc(C(C)C)c1-n1[c-][n+]2c3c(cccc31)Oc1ccc[c-]c1-2.[Ir+3].[c-]1ccccc1-c1ccccn1. The summed E-state index contributed by atoms with van der Waals surface area (Å²) in [5.74, 6) is 2.49. The largest absolute Gasteiger partial charge is 3.00 e. The van der Waals surface area contributed by atoms with E-state index in [2.05, 4.69) is 90.6 Å². The van der Waals surface area contributed by atoms with E-state index in [-0.39, 0.29) is 20.1 Å². The molecule has 0 N–H and O–H groups in total. The van der Waals surface area contributed by atoms with E-state index in [1.54, 1.807) is 6.20 Å². The summed E-state index contributed by atoms with van der Waals surface area (Å²) < 4.78 is 10.5. The zero-order valence-corrected chi connectivity index (χ0v) is 25.9. The summed E-state index contributed by atoms with van der Waals surface area (Å²) >= 11 is 0. The van der Waals surface area contributed by atoms with Crippen LogP contribution >= 0.6 is 0 Å². The molecule has 0 aliphatic carbocycles. The molecule has 0 amide bonds. The molecule has 0 atom stereocenters. The first-order chi connectivity index (χ1) is 19.5. The summed E-state index contributed by atoms with van der Waals surface area (Å²) in [5.41, 5.74) is 8.92. The molecule has 0 saturated heterocycles. The quantitative estimate of drug-likeness (QED) is 0.136. The van der Waals surface area contributed by atoms with Crippen molar-refractivity contribution in [2.24, 2.45) is 0 Å². The minimum atomic E-state index is 0. The molecule has 0 spiro atoms. The zero-order chi connectivity index (χ0) is 27.6. The summed E-state index contributed by atoms with van der Waals surface area (Å²) in [4.78, 5) is 4.22. The first-order valence-corrected chi connectivity index (χ1v) is 13.7. The molecule has 0 radical (unpaired) electrons. The molecule has 5 heteroatoms. The Labute approximate surface area is 255 Å². The Kier molecular flexibility index (Phi) is 8.49. The molecule has 3 heterocycles. The number of benzene rings is 4. The number of aromatic nitrogens is 3. The molecule has 1 aliphatic heterocycles. The average molecular weight is 714 g/mol. The second-order valence-corrected chi connectivity index (χ2v) is 10.5. The molecule has 4 aromatic carbocycles. The Morgan fingerprint density at radius 1 is 0.732 bits per heavy atom. The van der Waals surface area contributed by atoms with Crippen LogP contribution in [-0.2, 0) is 20.1 Å². The van der Waals surface area contributed by atoms with Gasteiger partial charge in [-0.2, -0.15) is 18.2 Å². The fraction of sp³-hybridized carbons (Fsp3) is 0.167. The van der Waals surface area contributed by atoms with Gasteiger partial charge >= 0.3 is 20.1 Å². The molecular formula is C36H31IrN3O+. The zero-order valence-electron chi connectivity index (χ0n) is 23.6. The predicted octanol–water partition coefficient (Wildman–Crippen LogP) is 8.41. The second-order valence-electron chi connectivity index (χ2n) is 10.5. The van der Waals surface area contributed by atoms with Crippen LogP contribution in [0.15, 0.2) is 103 Å². The van der Waals surface area contributed by atoms with E-state index < -0.39 is 0 Å². The van der Waals surface area contributed by atoms with Crippen LogP contribution in [0.1, 0.15) is 50.7 Å². The molecule has 204 valence electrons. The van der Waals surface area contributed by atoms with Gasteiger partial charge in [0, 0.05) is 11.9 Å². The van der Waals surface area contributed by atoms with E-state index >= 15 is 0 Å². The van der Waals surface area contributed by atoms with Crippen LogP contribution in [0.4, 0.5) is 0 Å². The smallest absolute Gasteiger partial charge is 0.523 e. The Morgan fingerprint density at radius 2 is 1.44 bits per heavy atom. The third-order valence-electron chi connectivity index (χ3n) is 7.10. The second kappa shape index (κ2) is 12.2. The fourth-order valence-corrected chi connectivity index (χ4v) is 5.17. The molecule has 0 saturated carbocycles. The van der Waals surface area contributed by atoms with Gasteiger partial charge in [-0.1, -0.05) is 70.2 Å². The molecule has 41 heavy (non-hydrogen) atoms. The van der Waals surface area contributed by atoms with Gasteiger partial charge in [0.2, 0.25) is 0 Å². The van der Waals surface area contributed by atoms with Gasteiger partial charge in [0.05, 0.1) is 11.2 Å². The summed E-state index contributed by atoms with van der Waals surface area (Å²) in [7, 11) is 0. The molecular weight excluding hydrogens is 683 g/mol. The molecule has 2 aromatic heterocycles. The van der Waals surface area contributed by atoms with Crippen LogP contribution in [0.2, 0.25) is 0 Å². The van der Waals surface area contributed by atoms with Crippen molar-refractivity contribution in [3.8, 4) is 34.1 Å². The van der Waals surface area contributed by atoms with Crippen LogP contribution in [0.3, 0.4) is 0 Å². The van der Waals surface area contributed by atoms with Gasteiger partial charge in [-0.25, -0.2) is 0 Å². The Morgan fingerprint density at radius 3 is 2.12 bits per heavy atom. The number of hydrogen-bond donors (Lipinski definition) is 0. The van der Waals surface area contributed by atoms with Crippen LogP contribution in [0, 0.1) is 18.5 Å². The predicted molar refractivity (Wildman–Crippen MR) is 159 cm³/mol. The average Bonchev–Trinajstić information content (AvgIpc) is 3.39. The van der Waals surface area contributed by atoms with Gasteiger partial charge < -0.3 is 14.3 Å². The number of pyridine rings is 1. The number of hydrogen-bond acceptors (Lipinski definition) is 2. The van der Waals surface area contributed by atoms with E-state index in [9.17, 15) is 0 Å². The number of nitrogens with zero attached hydrogens (tertiary/aromatic N) is 3. The normalized spacial score (nSPS) is 11.4. The molecule has 0 bridgehead atoms. The summed E-state index contributed by atoms with van der Waals surface area (Å²) in [6.07, 6.45) is 5.40. The number of imidazole rings is 1. The van der Waals surface area contributed by atoms with Gasteiger partial charge in [-0.3, -0.25) is 4.57 Å². The van der Waals surface area contributed by atoms with Gasteiger partial charge in [-0.05, 0) is 46.5 Å². The monoisotopic (exact) mass is 714 g/mol. The van der Waals surface area contributed by atoms with Crippen LogP contribution < -0.4 is 9.30 Å². The molecule has 7 rings (SSSR count). The molecule has 0 unspecified atom stereocenters. The van der Waals surface area contributed by atoms with E-state index in [4.69, 9.17) is 4.74 Å². The van der Waals surface area contributed by atoms with Gasteiger partial charge in [0.1, 0.15) is 11.3 Å². The van der Waals surface area contributed by atoms with Gasteiger partial charge in [0.15, 0.2) is 0 Å². The Hall–Kier alpha value is -4.05. The molecule has 4 nitrogen and oxygen atoms in total. The van der Waals surface area contributed by atoms with Crippen molar-refractivity contribution in [1.82, 2.24) is 9.55 Å². The third kappa shape index (κ3) is 5.48. The summed E-state index contributed by atoms with van der Waals surface area (Å²) in [6, 6.07) is 38.8. The maximum atomic E-state index is 6.17. The topological polar surface area (TPSA) is 30.9 Å². The number of para-hydroxylation sites is 3. The van der Waals surface area contributed by atoms with Crippen molar-refractivity contribution in [3.63, 3.8) is 0 Å². The van der Waals surface area contributed by atoms with Crippen molar-refractivity contribution in [1.29, 1.82) is 0 Å². The van der Waals surface area contributed by atoms with Crippen molar-refractivity contribution in [2.75, 3.05) is 0 Å². The molecule has 1 aliphatic rings. The van der Waals surface area contributed by atoms with Crippen molar-refractivity contribution >= 4 is 11.0 Å². The fourth-order valence-electron chi connectivity index (χ4n) is 5.17. The van der Waals surface area contributed by atoms with Gasteiger partial charge in [-0.15, -0.1) is 42.0 Å². The molecule has 6 aromatic rings. The minimum Gasteiger partial charge on any atom is -0.523 e. The maximum absolute atomic E-state index is 6.17. The van der Waals surface area contributed by atoms with E-state index in [1.807, 2.05) is 66.7 Å². The Bertz CT molecular complexity index is 1710. The van der Waals surface area contributed by atoms with Gasteiger partial charge in [0.25, 0.3) is 6.33 Å². The maximum Gasteiger partial charge on any atom is 3.00 e. The first kappa shape index (κ1) is 28.5. The number of fused-ring (bicyclic) bond motifs is 2. The van der Waals surface area contributed by atoms with Crippen molar-refractivity contribution in [2.45, 2.75) is 39.5 Å². The van der Waals surface area contributed by atoms with Crippen LogP contribution in [0.5, 0.6) is 11.5 Å². The number of rotatable bonds is 4. The minimum absolute atomic E-state index is 0. The standard InChI is InChI=1S/C25H23N2O.C11H8N.Ir/c1-16(2)18-9-7-10-19(17(3)4)24(18)27-15-26-20-11-5-6-13-22(20)28-23-14-8-12-21(27)25(23)26;1-2-6-10(7-3-1)11-8-4-5-9-12-11;/h5-10,12-14,16-17H,1-4H3;1-6,8-9H;/q2*-1;+3. The van der Waals surface area contributed by atoms with E-state index in [0.717, 1.165) is 39.5 Å². The summed E-state index contributed by atoms with van der Waals surface area (Å²) in [6.45, 7) is 8.99. The van der Waals surface area contributed by atoms with E-state index in [1.165, 1.54) is 16.8 Å². The first-order valence-electron chi connectivity index (χ1n) is 13.7. The van der Waals surface area contributed by atoms with Crippen molar-refractivity contribution < 1.29 is 29.4 Å². The third-order valence-corrected chi connectivity index (χ3v) is 7.10. The molecule has 0 fully saturated rings. The van der Waals surface area contributed by atoms with Crippen LogP contribution in [0.25, 0.3) is 33.7 Å². The van der Waals surface area contributed by atoms with Crippen molar-refractivity contribution in [3.05, 3.63) is 133 Å². The number of ether oxygens (including phenoxy) is 1. The van der Waals surface area contributed by atoms with E-state index in [0.29, 0.717) is 11.8 Å². The van der Waals surface area contributed by atoms with Crippen LogP contribution in [-0.4, -0.2) is 9.55 Å². The summed E-state index contributed by atoms with van der Waals surface area (Å²) in [5, 5.41) is 0.